The van der Waals surface area contributed by atoms with Crippen molar-refractivity contribution in [3.8, 4) is 11.5 Å². The number of aromatic nitrogens is 4. The summed E-state index contributed by atoms with van der Waals surface area (Å²) in [4.78, 5) is 17.5. The highest BCUT2D eigenvalue weighted by molar-refractivity contribution is 5.56. The molecule has 0 unspecified atom stereocenters. The maximum atomic E-state index is 4.59. The molecule has 2 heterocycles. The summed E-state index contributed by atoms with van der Waals surface area (Å²) in [6.07, 6.45) is 4.97. The van der Waals surface area contributed by atoms with E-state index in [1.807, 2.05) is 6.92 Å². The first kappa shape index (κ1) is 13.4. The molecule has 2 aromatic rings. The Balaban J connectivity index is 2.54. The van der Waals surface area contributed by atoms with Gasteiger partial charge in [0.2, 0.25) is 0 Å². The molecule has 0 spiro atoms. The number of nitrogens with zero attached hydrogens (tertiary/aromatic N) is 4. The molecule has 2 rings (SSSR count). The first-order valence-corrected chi connectivity index (χ1v) is 6.52. The number of nitrogens with one attached hydrogen (secondary N) is 1. The van der Waals surface area contributed by atoms with Crippen molar-refractivity contribution in [2.45, 2.75) is 33.6 Å². The summed E-state index contributed by atoms with van der Waals surface area (Å²) in [6, 6.07) is 0. The quantitative estimate of drug-likeness (QED) is 0.912. The third kappa shape index (κ3) is 2.86. The SMILES string of the molecule is CCNc1nc(-c2cnccn2)nc(C)c1C(C)C. The van der Waals surface area contributed by atoms with Crippen LogP contribution in [0.2, 0.25) is 0 Å². The van der Waals surface area contributed by atoms with Crippen molar-refractivity contribution in [2.75, 3.05) is 11.9 Å². The normalized spacial score (nSPS) is 10.8. The van der Waals surface area contributed by atoms with Gasteiger partial charge >= 0.3 is 0 Å². The monoisotopic (exact) mass is 257 g/mol. The molecule has 0 bridgehead atoms. The van der Waals surface area contributed by atoms with E-state index in [2.05, 4.69) is 46.0 Å². The molecule has 0 saturated heterocycles. The summed E-state index contributed by atoms with van der Waals surface area (Å²) in [5.74, 6) is 1.89. The molecule has 0 saturated carbocycles. The van der Waals surface area contributed by atoms with Gasteiger partial charge in [0.25, 0.3) is 0 Å². The molecular formula is C14H19N5. The van der Waals surface area contributed by atoms with Crippen LogP contribution in [0.5, 0.6) is 0 Å². The Kier molecular flexibility index (Phi) is 4.04. The second-order valence-corrected chi connectivity index (χ2v) is 4.67. The van der Waals surface area contributed by atoms with Gasteiger partial charge in [0, 0.05) is 30.2 Å². The highest BCUT2D eigenvalue weighted by Crippen LogP contribution is 2.27. The van der Waals surface area contributed by atoms with Crippen molar-refractivity contribution in [1.29, 1.82) is 0 Å². The lowest BCUT2D eigenvalue weighted by atomic mass is 10.0. The summed E-state index contributed by atoms with van der Waals surface area (Å²) >= 11 is 0. The van der Waals surface area contributed by atoms with Crippen molar-refractivity contribution in [3.63, 3.8) is 0 Å². The molecule has 0 aliphatic carbocycles. The Labute approximate surface area is 113 Å². The van der Waals surface area contributed by atoms with Crippen LogP contribution >= 0.6 is 0 Å². The zero-order valence-corrected chi connectivity index (χ0v) is 11.8. The van der Waals surface area contributed by atoms with Gasteiger partial charge in [0.1, 0.15) is 11.5 Å². The van der Waals surface area contributed by atoms with Gasteiger partial charge in [-0.1, -0.05) is 13.8 Å². The lowest BCUT2D eigenvalue weighted by molar-refractivity contribution is 0.830. The van der Waals surface area contributed by atoms with Crippen LogP contribution in [0.25, 0.3) is 11.5 Å². The minimum absolute atomic E-state index is 0.380. The van der Waals surface area contributed by atoms with Crippen LogP contribution in [-0.4, -0.2) is 26.5 Å². The van der Waals surface area contributed by atoms with Crippen molar-refractivity contribution in [2.24, 2.45) is 0 Å². The summed E-state index contributed by atoms with van der Waals surface area (Å²) in [5.41, 5.74) is 2.84. The van der Waals surface area contributed by atoms with E-state index in [0.29, 0.717) is 17.4 Å². The standard InChI is InChI=1S/C14H19N5/c1-5-16-14-12(9(2)3)10(4)18-13(19-14)11-8-15-6-7-17-11/h6-9H,5H2,1-4H3,(H,16,18,19). The van der Waals surface area contributed by atoms with E-state index in [4.69, 9.17) is 0 Å². The van der Waals surface area contributed by atoms with Gasteiger partial charge in [-0.05, 0) is 19.8 Å². The second kappa shape index (κ2) is 5.73. The minimum atomic E-state index is 0.380. The van der Waals surface area contributed by atoms with Crippen LogP contribution in [-0.2, 0) is 0 Å². The third-order valence-electron chi connectivity index (χ3n) is 2.85. The molecule has 0 aliphatic rings. The molecule has 0 amide bonds. The van der Waals surface area contributed by atoms with Gasteiger partial charge in [-0.15, -0.1) is 0 Å². The molecule has 100 valence electrons. The first-order valence-electron chi connectivity index (χ1n) is 6.52. The van der Waals surface area contributed by atoms with Crippen molar-refractivity contribution < 1.29 is 0 Å². The number of hydrogen-bond donors (Lipinski definition) is 1. The average Bonchev–Trinajstić information content (AvgIpc) is 2.39. The molecule has 1 N–H and O–H groups in total. The van der Waals surface area contributed by atoms with Gasteiger partial charge < -0.3 is 5.32 Å². The fourth-order valence-corrected chi connectivity index (χ4v) is 2.10. The molecular weight excluding hydrogens is 238 g/mol. The highest BCUT2D eigenvalue weighted by Gasteiger charge is 2.15. The van der Waals surface area contributed by atoms with E-state index in [-0.39, 0.29) is 0 Å². The van der Waals surface area contributed by atoms with Gasteiger partial charge in [-0.3, -0.25) is 4.98 Å². The fraction of sp³-hybridized carbons (Fsp3) is 0.429. The van der Waals surface area contributed by atoms with E-state index in [0.717, 1.165) is 23.6 Å². The Hall–Kier alpha value is -2.04. The predicted octanol–water partition coefficient (Wildman–Crippen LogP) is 2.80. The van der Waals surface area contributed by atoms with Crippen LogP contribution in [0, 0.1) is 6.92 Å². The van der Waals surface area contributed by atoms with E-state index in [1.54, 1.807) is 18.6 Å². The van der Waals surface area contributed by atoms with Crippen molar-refractivity contribution in [3.05, 3.63) is 29.8 Å². The summed E-state index contributed by atoms with van der Waals surface area (Å²) < 4.78 is 0. The third-order valence-corrected chi connectivity index (χ3v) is 2.85. The molecule has 0 fully saturated rings. The van der Waals surface area contributed by atoms with Crippen LogP contribution < -0.4 is 5.32 Å². The maximum absolute atomic E-state index is 4.59. The Bertz CT molecular complexity index is 551. The van der Waals surface area contributed by atoms with E-state index >= 15 is 0 Å². The Morgan fingerprint density at radius 3 is 2.58 bits per heavy atom. The minimum Gasteiger partial charge on any atom is -0.370 e. The van der Waals surface area contributed by atoms with Crippen molar-refractivity contribution in [1.82, 2.24) is 19.9 Å². The Morgan fingerprint density at radius 2 is 2.00 bits per heavy atom. The maximum Gasteiger partial charge on any atom is 0.182 e. The lowest BCUT2D eigenvalue weighted by Gasteiger charge is -2.16. The van der Waals surface area contributed by atoms with Crippen molar-refractivity contribution >= 4 is 5.82 Å². The average molecular weight is 257 g/mol. The van der Waals surface area contributed by atoms with Crippen LogP contribution in [0.15, 0.2) is 18.6 Å². The smallest absolute Gasteiger partial charge is 0.182 e. The molecule has 5 nitrogen and oxygen atoms in total. The first-order chi connectivity index (χ1) is 9.13. The van der Waals surface area contributed by atoms with E-state index < -0.39 is 0 Å². The zero-order valence-electron chi connectivity index (χ0n) is 11.8. The highest BCUT2D eigenvalue weighted by atomic mass is 15.0. The molecule has 0 atom stereocenters. The van der Waals surface area contributed by atoms with Crippen LogP contribution in [0.4, 0.5) is 5.82 Å². The van der Waals surface area contributed by atoms with Gasteiger partial charge in [0.15, 0.2) is 5.82 Å². The molecule has 0 radical (unpaired) electrons. The summed E-state index contributed by atoms with van der Waals surface area (Å²) in [5, 5.41) is 3.31. The number of anilines is 1. The molecule has 5 heteroatoms. The summed E-state index contributed by atoms with van der Waals surface area (Å²) in [7, 11) is 0. The number of aryl methyl sites for hydroxylation is 1. The number of rotatable bonds is 4. The zero-order chi connectivity index (χ0) is 13.8. The second-order valence-electron chi connectivity index (χ2n) is 4.67. The number of hydrogen-bond acceptors (Lipinski definition) is 5. The fourth-order valence-electron chi connectivity index (χ4n) is 2.10. The summed E-state index contributed by atoms with van der Waals surface area (Å²) in [6.45, 7) is 9.19. The lowest BCUT2D eigenvalue weighted by Crippen LogP contribution is -2.10. The molecule has 0 aliphatic heterocycles. The van der Waals surface area contributed by atoms with Gasteiger partial charge in [0.05, 0.1) is 6.20 Å². The Morgan fingerprint density at radius 1 is 1.21 bits per heavy atom. The predicted molar refractivity (Wildman–Crippen MR) is 76.0 cm³/mol. The van der Waals surface area contributed by atoms with E-state index in [9.17, 15) is 0 Å². The van der Waals surface area contributed by atoms with Gasteiger partial charge in [-0.25, -0.2) is 15.0 Å². The molecule has 2 aromatic heterocycles. The van der Waals surface area contributed by atoms with Crippen LogP contribution in [0.1, 0.15) is 37.9 Å². The molecule has 0 aromatic carbocycles. The van der Waals surface area contributed by atoms with Crippen LogP contribution in [0.3, 0.4) is 0 Å². The van der Waals surface area contributed by atoms with E-state index in [1.165, 1.54) is 0 Å². The topological polar surface area (TPSA) is 63.6 Å². The molecule has 19 heavy (non-hydrogen) atoms. The van der Waals surface area contributed by atoms with Gasteiger partial charge in [-0.2, -0.15) is 0 Å². The largest absolute Gasteiger partial charge is 0.370 e.